The van der Waals surface area contributed by atoms with Gasteiger partial charge in [-0.3, -0.25) is 0 Å². The zero-order valence-electron chi connectivity index (χ0n) is 29.7. The van der Waals surface area contributed by atoms with Crippen LogP contribution < -0.4 is 0 Å². The van der Waals surface area contributed by atoms with Crippen LogP contribution in [-0.2, 0) is 10.8 Å². The average Bonchev–Trinajstić information content (AvgIpc) is 3.88. The molecule has 1 spiro atoms. The number of aromatic nitrogens is 1. The summed E-state index contributed by atoms with van der Waals surface area (Å²) in [6.07, 6.45) is 0. The van der Waals surface area contributed by atoms with Gasteiger partial charge in [-0.2, -0.15) is 0 Å². The van der Waals surface area contributed by atoms with Gasteiger partial charge in [0.1, 0.15) is 0 Å². The molecule has 1 nitrogen and oxygen atoms in total. The molecule has 12 rings (SSSR count). The molecule has 0 bridgehead atoms. The third-order valence-electron chi connectivity index (χ3n) is 12.8. The van der Waals surface area contributed by atoms with Gasteiger partial charge in [-0.15, -0.1) is 0 Å². The van der Waals surface area contributed by atoms with Crippen LogP contribution >= 0.6 is 0 Å². The first-order valence-electron chi connectivity index (χ1n) is 18.8. The van der Waals surface area contributed by atoms with Gasteiger partial charge in [-0.1, -0.05) is 153 Å². The molecule has 0 atom stereocenters. The maximum Gasteiger partial charge on any atom is 0.0725 e. The Labute approximate surface area is 309 Å². The normalized spacial score (nSPS) is 14.9. The molecule has 0 unspecified atom stereocenters. The van der Waals surface area contributed by atoms with Gasteiger partial charge >= 0.3 is 0 Å². The van der Waals surface area contributed by atoms with Crippen molar-refractivity contribution in [3.8, 4) is 50.2 Å². The summed E-state index contributed by atoms with van der Waals surface area (Å²) >= 11 is 0. The second-order valence-electron chi connectivity index (χ2n) is 15.6. The van der Waals surface area contributed by atoms with Crippen molar-refractivity contribution in [2.75, 3.05) is 0 Å². The van der Waals surface area contributed by atoms with Gasteiger partial charge in [0.15, 0.2) is 0 Å². The van der Waals surface area contributed by atoms with Gasteiger partial charge in [0.2, 0.25) is 0 Å². The summed E-state index contributed by atoms with van der Waals surface area (Å²) in [6, 6.07) is 66.3. The molecular weight excluding hydrogens is 639 g/mol. The molecule has 8 aromatic carbocycles. The first-order valence-corrected chi connectivity index (χ1v) is 18.8. The van der Waals surface area contributed by atoms with Crippen LogP contribution in [0.25, 0.3) is 72.0 Å². The molecule has 53 heavy (non-hydrogen) atoms. The zero-order valence-corrected chi connectivity index (χ0v) is 29.7. The van der Waals surface area contributed by atoms with Gasteiger partial charge in [0.25, 0.3) is 0 Å². The van der Waals surface area contributed by atoms with E-state index >= 15 is 0 Å². The Morgan fingerprint density at radius 1 is 0.358 bits per heavy atom. The highest BCUT2D eigenvalue weighted by Gasteiger charge is 2.52. The minimum Gasteiger partial charge on any atom is -0.309 e. The van der Waals surface area contributed by atoms with Crippen LogP contribution in [0.2, 0.25) is 0 Å². The number of hydrogen-bond donors (Lipinski definition) is 0. The lowest BCUT2D eigenvalue weighted by Crippen LogP contribution is -2.25. The van der Waals surface area contributed by atoms with Crippen LogP contribution in [-0.4, -0.2) is 4.57 Å². The standard InChI is InChI=1S/C52H35N/c1-51(2)42-22-10-6-19-37(42)39-30-41-40-29-32(27-28-48(40)53(49(41)31-47(39)51)33-15-4-3-5-16-33)34-21-14-26-46-50(34)38-20-9-13-25-45(38)52(46)43-23-11-7-17-35(43)36-18-8-12-24-44(36)52/h3-31H,1-2H3. The molecule has 0 saturated heterocycles. The van der Waals surface area contributed by atoms with Crippen molar-refractivity contribution in [2.45, 2.75) is 24.7 Å². The molecule has 1 heterocycles. The van der Waals surface area contributed by atoms with Crippen LogP contribution in [0.5, 0.6) is 0 Å². The Morgan fingerprint density at radius 3 is 1.58 bits per heavy atom. The molecule has 0 aliphatic heterocycles. The van der Waals surface area contributed by atoms with Crippen molar-refractivity contribution in [3.05, 3.63) is 209 Å². The second-order valence-corrected chi connectivity index (χ2v) is 15.6. The smallest absolute Gasteiger partial charge is 0.0725 e. The van der Waals surface area contributed by atoms with E-state index in [2.05, 4.69) is 194 Å². The average molecular weight is 674 g/mol. The van der Waals surface area contributed by atoms with E-state index in [1.54, 1.807) is 0 Å². The largest absolute Gasteiger partial charge is 0.309 e. The van der Waals surface area contributed by atoms with Crippen molar-refractivity contribution < 1.29 is 0 Å². The van der Waals surface area contributed by atoms with Crippen LogP contribution in [0.15, 0.2) is 176 Å². The van der Waals surface area contributed by atoms with E-state index in [4.69, 9.17) is 0 Å². The summed E-state index contributed by atoms with van der Waals surface area (Å²) in [5.74, 6) is 0. The van der Waals surface area contributed by atoms with E-state index in [0.29, 0.717) is 0 Å². The number of para-hydroxylation sites is 1. The fourth-order valence-electron chi connectivity index (χ4n) is 10.6. The minimum absolute atomic E-state index is 0.0747. The van der Waals surface area contributed by atoms with E-state index < -0.39 is 0 Å². The molecule has 1 heteroatoms. The third-order valence-corrected chi connectivity index (χ3v) is 12.8. The fraction of sp³-hybridized carbons (Fsp3) is 0.0769. The van der Waals surface area contributed by atoms with Crippen molar-refractivity contribution in [2.24, 2.45) is 0 Å². The van der Waals surface area contributed by atoms with E-state index in [9.17, 15) is 0 Å². The molecule has 0 fully saturated rings. The summed E-state index contributed by atoms with van der Waals surface area (Å²) in [5, 5.41) is 2.57. The SMILES string of the molecule is CC1(C)c2ccccc2-c2cc3c4cc(-c5cccc6c5-c5ccccc5C65c6ccccc6-c6ccccc65)ccc4n(-c4ccccc4)c3cc21. The van der Waals surface area contributed by atoms with Gasteiger partial charge in [-0.05, 0) is 114 Å². The Bertz CT molecular complexity index is 2980. The highest BCUT2D eigenvalue weighted by Crippen LogP contribution is 2.64. The van der Waals surface area contributed by atoms with Crippen LogP contribution in [0.3, 0.4) is 0 Å². The molecule has 3 aliphatic carbocycles. The lowest BCUT2D eigenvalue weighted by atomic mass is 9.70. The first kappa shape index (κ1) is 29.2. The van der Waals surface area contributed by atoms with E-state index in [1.165, 1.54) is 105 Å². The molecule has 3 aliphatic rings. The number of rotatable bonds is 2. The third kappa shape index (κ3) is 3.53. The highest BCUT2D eigenvalue weighted by atomic mass is 15.0. The van der Waals surface area contributed by atoms with Crippen molar-refractivity contribution in [3.63, 3.8) is 0 Å². The maximum absolute atomic E-state index is 2.48. The monoisotopic (exact) mass is 673 g/mol. The summed E-state index contributed by atoms with van der Waals surface area (Å²) in [5.41, 5.74) is 22.1. The van der Waals surface area contributed by atoms with Crippen molar-refractivity contribution >= 4 is 21.8 Å². The number of fused-ring (bicyclic) bond motifs is 16. The first-order chi connectivity index (χ1) is 26.1. The topological polar surface area (TPSA) is 4.93 Å². The molecule has 0 saturated carbocycles. The number of hydrogen-bond acceptors (Lipinski definition) is 0. The Morgan fingerprint density at radius 2 is 0.887 bits per heavy atom. The summed E-state index contributed by atoms with van der Waals surface area (Å²) in [4.78, 5) is 0. The summed E-state index contributed by atoms with van der Waals surface area (Å²) in [6.45, 7) is 4.75. The van der Waals surface area contributed by atoms with E-state index in [-0.39, 0.29) is 10.8 Å². The molecular formula is C52H35N. The van der Waals surface area contributed by atoms with E-state index in [1.807, 2.05) is 0 Å². The predicted molar refractivity (Wildman–Crippen MR) is 220 cm³/mol. The molecule has 9 aromatic rings. The lowest BCUT2D eigenvalue weighted by Gasteiger charge is -2.30. The molecule has 1 aromatic heterocycles. The molecule has 0 radical (unpaired) electrons. The van der Waals surface area contributed by atoms with E-state index in [0.717, 1.165) is 0 Å². The number of benzene rings is 8. The Kier molecular flexibility index (Phi) is 5.57. The molecule has 248 valence electrons. The van der Waals surface area contributed by atoms with Gasteiger partial charge in [0, 0.05) is 21.9 Å². The Hall–Kier alpha value is -6.44. The number of nitrogens with zero attached hydrogens (tertiary/aromatic N) is 1. The van der Waals surface area contributed by atoms with Crippen LogP contribution in [0.4, 0.5) is 0 Å². The fourth-order valence-corrected chi connectivity index (χ4v) is 10.6. The minimum atomic E-state index is -0.358. The van der Waals surface area contributed by atoms with Gasteiger partial charge < -0.3 is 4.57 Å². The predicted octanol–water partition coefficient (Wildman–Crippen LogP) is 13.1. The Balaban J connectivity index is 1.16. The van der Waals surface area contributed by atoms with Gasteiger partial charge in [-0.25, -0.2) is 0 Å². The summed E-state index contributed by atoms with van der Waals surface area (Å²) in [7, 11) is 0. The second kappa shape index (κ2) is 10.1. The van der Waals surface area contributed by atoms with Gasteiger partial charge in [0.05, 0.1) is 16.4 Å². The van der Waals surface area contributed by atoms with Crippen LogP contribution in [0.1, 0.15) is 47.2 Å². The summed E-state index contributed by atoms with van der Waals surface area (Å²) < 4.78 is 2.47. The zero-order chi connectivity index (χ0) is 35.1. The molecule has 0 N–H and O–H groups in total. The quantitative estimate of drug-likeness (QED) is 0.172. The molecule has 0 amide bonds. The highest BCUT2D eigenvalue weighted by molar-refractivity contribution is 6.13. The van der Waals surface area contributed by atoms with Crippen LogP contribution in [0, 0.1) is 0 Å². The van der Waals surface area contributed by atoms with Crippen molar-refractivity contribution in [1.82, 2.24) is 4.57 Å². The maximum atomic E-state index is 2.48. The van der Waals surface area contributed by atoms with Crippen molar-refractivity contribution in [1.29, 1.82) is 0 Å². The lowest BCUT2D eigenvalue weighted by molar-refractivity contribution is 0.661.